The molecule has 1 atom stereocenters. The van der Waals surface area contributed by atoms with Gasteiger partial charge in [-0.2, -0.15) is 0 Å². The normalized spacial score (nSPS) is 15.4. The quantitative estimate of drug-likeness (QED) is 0.566. The van der Waals surface area contributed by atoms with Gasteiger partial charge in [-0.05, 0) is 27.9 Å². The summed E-state index contributed by atoms with van der Waals surface area (Å²) in [4.78, 5) is 23.3. The predicted molar refractivity (Wildman–Crippen MR) is 45.5 cm³/mol. The molecule has 0 aliphatic rings. The number of likely N-dealkylation sites (N-methyl/N-ethyl adjacent to an activating group) is 1. The fourth-order valence-electron chi connectivity index (χ4n) is 0.755. The molecule has 0 fully saturated rings. The number of nitrogens with one attached hydrogen (secondary N) is 1. The van der Waals surface area contributed by atoms with Crippen LogP contribution in [0.1, 0.15) is 13.8 Å². The summed E-state index contributed by atoms with van der Waals surface area (Å²) in [6.45, 7) is 3.00. The van der Waals surface area contributed by atoms with Crippen molar-refractivity contribution in [2.75, 3.05) is 14.1 Å². The molecule has 0 spiro atoms. The molecule has 1 unspecified atom stereocenters. The third-order valence-corrected chi connectivity index (χ3v) is 1.95. The Labute approximate surface area is 71.9 Å². The lowest BCUT2D eigenvalue weighted by atomic mass is 10.1. The minimum atomic E-state index is -1.01. The van der Waals surface area contributed by atoms with Gasteiger partial charge in [0.15, 0.2) is 11.4 Å². The summed E-state index contributed by atoms with van der Waals surface area (Å²) < 4.78 is 0. The van der Waals surface area contributed by atoms with Gasteiger partial charge in [0.1, 0.15) is 0 Å². The van der Waals surface area contributed by atoms with Crippen LogP contribution in [-0.4, -0.2) is 36.5 Å². The maximum absolute atomic E-state index is 11.1. The fourth-order valence-corrected chi connectivity index (χ4v) is 0.755. The number of primary amides is 1. The van der Waals surface area contributed by atoms with Gasteiger partial charge in [0.05, 0.1) is 0 Å². The molecular weight excluding hydrogens is 158 g/mol. The van der Waals surface area contributed by atoms with Crippen LogP contribution in [0.3, 0.4) is 0 Å². The van der Waals surface area contributed by atoms with Gasteiger partial charge < -0.3 is 11.1 Å². The summed E-state index contributed by atoms with van der Waals surface area (Å²) in [5.41, 5.74) is 3.92. The van der Waals surface area contributed by atoms with Crippen LogP contribution in [0.25, 0.3) is 0 Å². The highest BCUT2D eigenvalue weighted by atomic mass is 16.2. The molecule has 0 aromatic carbocycles. The van der Waals surface area contributed by atoms with Gasteiger partial charge >= 0.3 is 6.03 Å². The monoisotopic (exact) mass is 173 g/mol. The molecule has 0 aromatic heterocycles. The lowest BCUT2D eigenvalue weighted by Gasteiger charge is -2.33. The van der Waals surface area contributed by atoms with Crippen LogP contribution in [0.15, 0.2) is 0 Å². The highest BCUT2D eigenvalue weighted by Gasteiger charge is 2.33. The molecule has 3 N–H and O–H groups in total. The molecule has 0 heterocycles. The maximum atomic E-state index is 11.1. The SMILES string of the molecule is CC(=O)C(C)(NC(N)=O)N(C)C. The first kappa shape index (κ1) is 10.9. The van der Waals surface area contributed by atoms with Crippen LogP contribution in [0.2, 0.25) is 0 Å². The summed E-state index contributed by atoms with van der Waals surface area (Å²) in [5, 5.41) is 2.37. The van der Waals surface area contributed by atoms with Gasteiger partial charge in [-0.3, -0.25) is 9.69 Å². The Morgan fingerprint density at radius 3 is 1.92 bits per heavy atom. The van der Waals surface area contributed by atoms with Gasteiger partial charge in [0.2, 0.25) is 0 Å². The van der Waals surface area contributed by atoms with E-state index in [2.05, 4.69) is 5.32 Å². The Bertz CT molecular complexity index is 203. The highest BCUT2D eigenvalue weighted by molar-refractivity contribution is 5.89. The zero-order valence-electron chi connectivity index (χ0n) is 7.84. The van der Waals surface area contributed by atoms with Gasteiger partial charge in [-0.15, -0.1) is 0 Å². The minimum absolute atomic E-state index is 0.161. The Kier molecular flexibility index (Phi) is 3.21. The van der Waals surface area contributed by atoms with E-state index in [1.54, 1.807) is 25.9 Å². The minimum Gasteiger partial charge on any atom is -0.352 e. The van der Waals surface area contributed by atoms with Crippen LogP contribution >= 0.6 is 0 Å². The molecule has 0 saturated heterocycles. The first-order valence-corrected chi connectivity index (χ1v) is 3.56. The molecule has 0 radical (unpaired) electrons. The van der Waals surface area contributed by atoms with E-state index in [-0.39, 0.29) is 5.78 Å². The predicted octanol–water partition coefficient (Wildman–Crippen LogP) is -0.478. The third kappa shape index (κ3) is 2.20. The molecule has 0 rings (SSSR count). The van der Waals surface area contributed by atoms with E-state index in [4.69, 9.17) is 5.73 Å². The van der Waals surface area contributed by atoms with Crippen molar-refractivity contribution in [3.8, 4) is 0 Å². The Morgan fingerprint density at radius 2 is 1.83 bits per heavy atom. The molecule has 2 amide bonds. The number of amides is 2. The van der Waals surface area contributed by atoms with Crippen LogP contribution in [0.4, 0.5) is 4.79 Å². The van der Waals surface area contributed by atoms with E-state index in [0.29, 0.717) is 0 Å². The van der Waals surface area contributed by atoms with Crippen molar-refractivity contribution in [3.05, 3.63) is 0 Å². The number of Topliss-reactive ketones (excluding diaryl/α,β-unsaturated/α-hetero) is 1. The number of hydrogen-bond donors (Lipinski definition) is 2. The lowest BCUT2D eigenvalue weighted by molar-refractivity contribution is -0.127. The highest BCUT2D eigenvalue weighted by Crippen LogP contribution is 2.07. The average molecular weight is 173 g/mol. The third-order valence-electron chi connectivity index (χ3n) is 1.95. The molecule has 12 heavy (non-hydrogen) atoms. The van der Waals surface area contributed by atoms with Crippen LogP contribution in [0.5, 0.6) is 0 Å². The average Bonchev–Trinajstić information content (AvgIpc) is 1.84. The second kappa shape index (κ2) is 3.53. The zero-order chi connectivity index (χ0) is 9.94. The molecular formula is C7H15N3O2. The number of hydrogen-bond acceptors (Lipinski definition) is 3. The molecule has 70 valence electrons. The Hall–Kier alpha value is -1.10. The lowest BCUT2D eigenvalue weighted by Crippen LogP contribution is -2.61. The summed E-state index contributed by atoms with van der Waals surface area (Å²) in [6, 6.07) is -0.707. The largest absolute Gasteiger partial charge is 0.352 e. The van der Waals surface area contributed by atoms with Crippen molar-refractivity contribution in [2.45, 2.75) is 19.5 Å². The van der Waals surface area contributed by atoms with Gasteiger partial charge in [-0.1, -0.05) is 0 Å². The fraction of sp³-hybridized carbons (Fsp3) is 0.714. The summed E-state index contributed by atoms with van der Waals surface area (Å²) in [6.07, 6.45) is 0. The molecule has 0 aromatic rings. The van der Waals surface area contributed by atoms with Crippen LogP contribution in [-0.2, 0) is 4.79 Å². The topological polar surface area (TPSA) is 75.4 Å². The summed E-state index contributed by atoms with van der Waals surface area (Å²) in [5.74, 6) is -0.161. The Balaban J connectivity index is 4.62. The van der Waals surface area contributed by atoms with Crippen molar-refractivity contribution in [1.29, 1.82) is 0 Å². The van der Waals surface area contributed by atoms with Crippen LogP contribution in [0, 0.1) is 0 Å². The summed E-state index contributed by atoms with van der Waals surface area (Å²) >= 11 is 0. The van der Waals surface area contributed by atoms with Crippen molar-refractivity contribution in [2.24, 2.45) is 5.73 Å². The van der Waals surface area contributed by atoms with E-state index in [1.165, 1.54) is 6.92 Å². The second-order valence-electron chi connectivity index (χ2n) is 3.01. The van der Waals surface area contributed by atoms with Gasteiger partial charge in [0.25, 0.3) is 0 Å². The first-order valence-electron chi connectivity index (χ1n) is 3.56. The van der Waals surface area contributed by atoms with E-state index in [0.717, 1.165) is 0 Å². The number of ketones is 1. The van der Waals surface area contributed by atoms with Crippen LogP contribution < -0.4 is 11.1 Å². The second-order valence-corrected chi connectivity index (χ2v) is 3.01. The molecule has 5 nitrogen and oxygen atoms in total. The zero-order valence-corrected chi connectivity index (χ0v) is 7.84. The standard InChI is InChI=1S/C7H15N3O2/c1-5(11)7(2,10(3)4)9-6(8)12/h1-4H3,(H3,8,9,12). The number of carbonyl (C=O) groups is 2. The molecule has 0 aliphatic heterocycles. The van der Waals surface area contributed by atoms with E-state index >= 15 is 0 Å². The number of urea groups is 1. The summed E-state index contributed by atoms with van der Waals surface area (Å²) in [7, 11) is 3.38. The van der Waals surface area contributed by atoms with Crippen molar-refractivity contribution >= 4 is 11.8 Å². The molecule has 0 bridgehead atoms. The number of nitrogens with two attached hydrogens (primary N) is 1. The molecule has 0 aliphatic carbocycles. The van der Waals surface area contributed by atoms with E-state index in [9.17, 15) is 9.59 Å². The molecule has 0 saturated carbocycles. The van der Waals surface area contributed by atoms with Crippen molar-refractivity contribution in [1.82, 2.24) is 10.2 Å². The van der Waals surface area contributed by atoms with Gasteiger partial charge in [0, 0.05) is 0 Å². The van der Waals surface area contributed by atoms with Gasteiger partial charge in [-0.25, -0.2) is 4.79 Å². The Morgan fingerprint density at radius 1 is 1.42 bits per heavy atom. The first-order chi connectivity index (χ1) is 5.30. The smallest absolute Gasteiger partial charge is 0.313 e. The molecule has 5 heteroatoms. The van der Waals surface area contributed by atoms with Crippen molar-refractivity contribution in [3.63, 3.8) is 0 Å². The number of nitrogens with zero attached hydrogens (tertiary/aromatic N) is 1. The number of rotatable bonds is 3. The number of carbonyl (C=O) groups excluding carboxylic acids is 2. The van der Waals surface area contributed by atoms with Crippen molar-refractivity contribution < 1.29 is 9.59 Å². The van der Waals surface area contributed by atoms with E-state index in [1.807, 2.05) is 0 Å². The maximum Gasteiger partial charge on any atom is 0.313 e. The van der Waals surface area contributed by atoms with E-state index < -0.39 is 11.7 Å².